The van der Waals surface area contributed by atoms with Crippen LogP contribution in [-0.4, -0.2) is 49.8 Å². The van der Waals surface area contributed by atoms with Gasteiger partial charge in [-0.1, -0.05) is 12.1 Å². The van der Waals surface area contributed by atoms with E-state index in [2.05, 4.69) is 13.0 Å². The van der Waals surface area contributed by atoms with Crippen molar-refractivity contribution in [3.8, 4) is 22.9 Å². The van der Waals surface area contributed by atoms with Crippen LogP contribution in [0.1, 0.15) is 27.9 Å². The van der Waals surface area contributed by atoms with Gasteiger partial charge in [-0.15, -0.1) is 0 Å². The predicted octanol–water partition coefficient (Wildman–Crippen LogP) is 4.74. The van der Waals surface area contributed by atoms with Gasteiger partial charge in [-0.2, -0.15) is 0 Å². The van der Waals surface area contributed by atoms with Crippen molar-refractivity contribution in [1.29, 1.82) is 0 Å². The fourth-order valence-electron chi connectivity index (χ4n) is 4.10. The Labute approximate surface area is 188 Å². The number of rotatable bonds is 6. The Balaban J connectivity index is 1.58. The summed E-state index contributed by atoms with van der Waals surface area (Å²) in [6, 6.07) is 13.5. The monoisotopic (exact) mass is 432 g/mol. The molecule has 6 nitrogen and oxygen atoms in total. The number of aromatic nitrogens is 1. The Bertz CT molecular complexity index is 1120. The largest absolute Gasteiger partial charge is 0.496 e. The van der Waals surface area contributed by atoms with Gasteiger partial charge in [0.2, 0.25) is 0 Å². The van der Waals surface area contributed by atoms with Crippen molar-refractivity contribution in [2.75, 3.05) is 34.4 Å². The molecule has 0 spiro atoms. The SMILES string of the molecule is COc1cc(OC)c(C2=CCN(C(=O)c3ccc(C)c(-n4cccc4)c3)CC2)c(OC)c1. The van der Waals surface area contributed by atoms with Crippen molar-refractivity contribution < 1.29 is 19.0 Å². The minimum absolute atomic E-state index is 0.0300. The fraction of sp³-hybridized carbons (Fsp3) is 0.269. The van der Waals surface area contributed by atoms with Crippen molar-refractivity contribution in [1.82, 2.24) is 9.47 Å². The highest BCUT2D eigenvalue weighted by Crippen LogP contribution is 2.41. The van der Waals surface area contributed by atoms with Crippen molar-refractivity contribution in [2.45, 2.75) is 13.3 Å². The van der Waals surface area contributed by atoms with Crippen LogP contribution in [0.4, 0.5) is 0 Å². The van der Waals surface area contributed by atoms with E-state index in [9.17, 15) is 4.79 Å². The fourth-order valence-corrected chi connectivity index (χ4v) is 4.10. The highest BCUT2D eigenvalue weighted by Gasteiger charge is 2.24. The number of carbonyl (C=O) groups excluding carboxylic acids is 1. The summed E-state index contributed by atoms with van der Waals surface area (Å²) in [4.78, 5) is 15.1. The molecule has 0 N–H and O–H groups in total. The lowest BCUT2D eigenvalue weighted by Crippen LogP contribution is -2.34. The molecule has 1 aliphatic rings. The molecule has 32 heavy (non-hydrogen) atoms. The number of methoxy groups -OCH3 is 3. The second kappa shape index (κ2) is 9.22. The Morgan fingerprint density at radius 2 is 1.62 bits per heavy atom. The minimum Gasteiger partial charge on any atom is -0.496 e. The van der Waals surface area contributed by atoms with E-state index < -0.39 is 0 Å². The summed E-state index contributed by atoms with van der Waals surface area (Å²) in [6.45, 7) is 3.20. The van der Waals surface area contributed by atoms with Gasteiger partial charge in [-0.3, -0.25) is 4.79 Å². The van der Waals surface area contributed by atoms with Gasteiger partial charge in [-0.25, -0.2) is 0 Å². The van der Waals surface area contributed by atoms with Crippen LogP contribution in [0, 0.1) is 6.92 Å². The third-order valence-corrected chi connectivity index (χ3v) is 5.87. The van der Waals surface area contributed by atoms with E-state index in [4.69, 9.17) is 14.2 Å². The van der Waals surface area contributed by atoms with Gasteiger partial charge in [0.1, 0.15) is 17.2 Å². The smallest absolute Gasteiger partial charge is 0.254 e. The summed E-state index contributed by atoms with van der Waals surface area (Å²) in [5.74, 6) is 2.10. The average Bonchev–Trinajstić information content (AvgIpc) is 3.38. The number of benzene rings is 2. The molecule has 6 heteroatoms. The lowest BCUT2D eigenvalue weighted by molar-refractivity contribution is 0.0773. The number of nitrogens with zero attached hydrogens (tertiary/aromatic N) is 2. The predicted molar refractivity (Wildman–Crippen MR) is 125 cm³/mol. The van der Waals surface area contributed by atoms with Crippen molar-refractivity contribution >= 4 is 11.5 Å². The average molecular weight is 433 g/mol. The number of ether oxygens (including phenoxy) is 3. The second-order valence-electron chi connectivity index (χ2n) is 7.73. The van der Waals surface area contributed by atoms with E-state index in [0.29, 0.717) is 42.3 Å². The normalized spacial score (nSPS) is 13.5. The first-order chi connectivity index (χ1) is 15.5. The van der Waals surface area contributed by atoms with E-state index >= 15 is 0 Å². The zero-order valence-electron chi connectivity index (χ0n) is 18.9. The molecule has 1 aliphatic heterocycles. The lowest BCUT2D eigenvalue weighted by Gasteiger charge is -2.28. The maximum absolute atomic E-state index is 13.2. The number of carbonyl (C=O) groups is 1. The molecule has 0 fully saturated rings. The van der Waals surface area contributed by atoms with E-state index in [1.165, 1.54) is 0 Å². The van der Waals surface area contributed by atoms with Crippen LogP contribution in [0.15, 0.2) is 60.9 Å². The summed E-state index contributed by atoms with van der Waals surface area (Å²) in [6.07, 6.45) is 6.76. The molecule has 0 radical (unpaired) electrons. The van der Waals surface area contributed by atoms with Gasteiger partial charge in [0.05, 0.1) is 26.9 Å². The molecule has 0 saturated heterocycles. The Kier molecular flexibility index (Phi) is 6.21. The lowest BCUT2D eigenvalue weighted by atomic mass is 9.96. The first-order valence-electron chi connectivity index (χ1n) is 10.6. The third kappa shape index (κ3) is 4.08. The molecule has 0 aliphatic carbocycles. The van der Waals surface area contributed by atoms with E-state index in [1.54, 1.807) is 21.3 Å². The number of aryl methyl sites for hydroxylation is 1. The van der Waals surface area contributed by atoms with Crippen LogP contribution < -0.4 is 14.2 Å². The molecule has 2 heterocycles. The molecule has 4 rings (SSSR count). The quantitative estimate of drug-likeness (QED) is 0.565. The molecule has 1 aromatic heterocycles. The topological polar surface area (TPSA) is 52.9 Å². The van der Waals surface area contributed by atoms with Crippen LogP contribution in [0.3, 0.4) is 0 Å². The summed E-state index contributed by atoms with van der Waals surface area (Å²) in [7, 11) is 4.89. The molecule has 166 valence electrons. The molecule has 0 atom stereocenters. The molecule has 0 unspecified atom stereocenters. The summed E-state index contributed by atoms with van der Waals surface area (Å²) < 4.78 is 18.6. The maximum Gasteiger partial charge on any atom is 0.254 e. The highest BCUT2D eigenvalue weighted by molar-refractivity contribution is 5.95. The maximum atomic E-state index is 13.2. The molecule has 1 amide bonds. The van der Waals surface area contributed by atoms with Crippen LogP contribution in [0.2, 0.25) is 0 Å². The Morgan fingerprint density at radius 3 is 2.19 bits per heavy atom. The molecule has 0 bridgehead atoms. The van der Waals surface area contributed by atoms with Gasteiger partial charge in [0.25, 0.3) is 5.91 Å². The van der Waals surface area contributed by atoms with Gasteiger partial charge >= 0.3 is 0 Å². The molecule has 2 aromatic carbocycles. The molecule has 0 saturated carbocycles. The highest BCUT2D eigenvalue weighted by atomic mass is 16.5. The first kappa shape index (κ1) is 21.6. The van der Waals surface area contributed by atoms with Crippen molar-refractivity contribution in [2.24, 2.45) is 0 Å². The molecular formula is C26H28N2O4. The number of hydrogen-bond acceptors (Lipinski definition) is 4. The number of hydrogen-bond donors (Lipinski definition) is 0. The van der Waals surface area contributed by atoms with Gasteiger partial charge in [0, 0.05) is 48.9 Å². The van der Waals surface area contributed by atoms with E-state index in [0.717, 1.165) is 22.4 Å². The van der Waals surface area contributed by atoms with Crippen molar-refractivity contribution in [3.63, 3.8) is 0 Å². The summed E-state index contributed by atoms with van der Waals surface area (Å²) >= 11 is 0. The zero-order valence-corrected chi connectivity index (χ0v) is 18.9. The third-order valence-electron chi connectivity index (χ3n) is 5.87. The number of amides is 1. The summed E-state index contributed by atoms with van der Waals surface area (Å²) in [5.41, 5.74) is 4.84. The van der Waals surface area contributed by atoms with E-state index in [1.807, 2.05) is 64.3 Å². The molecule has 3 aromatic rings. The first-order valence-corrected chi connectivity index (χ1v) is 10.6. The van der Waals surface area contributed by atoms with Crippen LogP contribution >= 0.6 is 0 Å². The van der Waals surface area contributed by atoms with Gasteiger partial charge in [0.15, 0.2) is 0 Å². The Morgan fingerprint density at radius 1 is 0.938 bits per heavy atom. The zero-order chi connectivity index (χ0) is 22.7. The second-order valence-corrected chi connectivity index (χ2v) is 7.73. The minimum atomic E-state index is 0.0300. The molecular weight excluding hydrogens is 404 g/mol. The summed E-state index contributed by atoms with van der Waals surface area (Å²) in [5, 5.41) is 0. The van der Waals surface area contributed by atoms with Crippen LogP contribution in [0.25, 0.3) is 11.3 Å². The van der Waals surface area contributed by atoms with Crippen LogP contribution in [0.5, 0.6) is 17.2 Å². The van der Waals surface area contributed by atoms with E-state index in [-0.39, 0.29) is 5.91 Å². The van der Waals surface area contributed by atoms with Gasteiger partial charge < -0.3 is 23.7 Å². The van der Waals surface area contributed by atoms with Gasteiger partial charge in [-0.05, 0) is 48.7 Å². The Hall–Kier alpha value is -3.67. The van der Waals surface area contributed by atoms with Crippen molar-refractivity contribution in [3.05, 3.63) is 77.6 Å². The standard InChI is InChI=1S/C26H28N2O4/c1-18-7-8-20(15-22(18)27-11-5-6-12-27)26(29)28-13-9-19(10-14-28)25-23(31-3)16-21(30-2)17-24(25)32-4/h5-9,11-12,15-17H,10,13-14H2,1-4H3. The van der Waals surface area contributed by atoms with Crippen LogP contribution in [-0.2, 0) is 0 Å².